The number of hydrazine groups is 1. The minimum absolute atomic E-state index is 0.00923. The molecule has 6 rings (SSSR count). The van der Waals surface area contributed by atoms with Crippen molar-refractivity contribution in [2.24, 2.45) is 17.8 Å². The lowest BCUT2D eigenvalue weighted by atomic mass is 9.52. The summed E-state index contributed by atoms with van der Waals surface area (Å²) in [5, 5.41) is 16.2. The largest absolute Gasteiger partial charge is 0.390 e. The molecule has 0 aromatic carbocycles. The van der Waals surface area contributed by atoms with Gasteiger partial charge in [-0.3, -0.25) is 9.80 Å². The topological polar surface area (TPSA) is 78.8 Å². The first-order chi connectivity index (χ1) is 15.4. The molecule has 5 aliphatic rings. The van der Waals surface area contributed by atoms with Gasteiger partial charge in [0.2, 0.25) is 0 Å². The van der Waals surface area contributed by atoms with Crippen LogP contribution in [-0.4, -0.2) is 73.7 Å². The predicted molar refractivity (Wildman–Crippen MR) is 123 cm³/mol. The van der Waals surface area contributed by atoms with Gasteiger partial charge in [0, 0.05) is 19.3 Å². The van der Waals surface area contributed by atoms with Crippen LogP contribution in [0.1, 0.15) is 69.7 Å². The second-order valence-electron chi connectivity index (χ2n) is 10.6. The van der Waals surface area contributed by atoms with E-state index in [2.05, 4.69) is 40.8 Å². The molecule has 1 aromatic rings. The van der Waals surface area contributed by atoms with Crippen molar-refractivity contribution in [1.29, 1.82) is 0 Å². The Hall–Kier alpha value is -1.22. The van der Waals surface area contributed by atoms with Gasteiger partial charge in [-0.1, -0.05) is 6.92 Å². The van der Waals surface area contributed by atoms with Crippen LogP contribution in [0.2, 0.25) is 0 Å². The van der Waals surface area contributed by atoms with Crippen LogP contribution in [0.5, 0.6) is 0 Å². The Morgan fingerprint density at radius 1 is 1.25 bits per heavy atom. The summed E-state index contributed by atoms with van der Waals surface area (Å²) in [7, 11) is 0. The number of ether oxygens (including phenoxy) is 1. The number of nitrogens with zero attached hydrogens (tertiary/aromatic N) is 4. The van der Waals surface area contributed by atoms with Crippen molar-refractivity contribution >= 4 is 17.7 Å². The van der Waals surface area contributed by atoms with Crippen LogP contribution < -0.4 is 0 Å². The highest BCUT2D eigenvalue weighted by molar-refractivity contribution is 7.99. The summed E-state index contributed by atoms with van der Waals surface area (Å²) in [6.07, 6.45) is 9.18. The van der Waals surface area contributed by atoms with E-state index in [1.54, 1.807) is 18.0 Å². The van der Waals surface area contributed by atoms with E-state index in [4.69, 9.17) is 4.74 Å². The number of hydrogen-bond acceptors (Lipinski definition) is 7. The quantitative estimate of drug-likeness (QED) is 0.515. The minimum Gasteiger partial charge on any atom is -0.390 e. The van der Waals surface area contributed by atoms with Gasteiger partial charge in [0.25, 0.3) is 5.91 Å². The van der Waals surface area contributed by atoms with Crippen molar-refractivity contribution in [3.8, 4) is 0 Å². The number of morpholine rings is 1. The summed E-state index contributed by atoms with van der Waals surface area (Å²) in [6.45, 7) is 7.70. The van der Waals surface area contributed by atoms with Gasteiger partial charge in [0.1, 0.15) is 11.4 Å². The van der Waals surface area contributed by atoms with Gasteiger partial charge >= 0.3 is 0 Å². The Balaban J connectivity index is 1.51. The molecule has 8 heteroatoms. The summed E-state index contributed by atoms with van der Waals surface area (Å²) in [4.78, 5) is 22.9. The molecule has 1 aromatic heterocycles. The van der Waals surface area contributed by atoms with E-state index in [0.717, 1.165) is 49.3 Å². The first-order valence-electron chi connectivity index (χ1n) is 12.3. The van der Waals surface area contributed by atoms with Crippen molar-refractivity contribution in [2.75, 3.05) is 18.8 Å². The van der Waals surface area contributed by atoms with Crippen molar-refractivity contribution in [3.63, 3.8) is 0 Å². The fourth-order valence-electron chi connectivity index (χ4n) is 7.04. The zero-order valence-electron chi connectivity index (χ0n) is 19.4. The monoisotopic (exact) mass is 460 g/mol. The zero-order valence-corrected chi connectivity index (χ0v) is 20.3. The maximum absolute atomic E-state index is 14.2. The summed E-state index contributed by atoms with van der Waals surface area (Å²) >= 11 is 1.63. The van der Waals surface area contributed by atoms with Crippen LogP contribution in [0.25, 0.3) is 0 Å². The van der Waals surface area contributed by atoms with Gasteiger partial charge < -0.3 is 9.84 Å². The van der Waals surface area contributed by atoms with Crippen LogP contribution in [-0.2, 0) is 4.74 Å². The number of carbonyl (C=O) groups excluding carboxylic acids is 1. The van der Waals surface area contributed by atoms with Gasteiger partial charge in [-0.2, -0.15) is 0 Å². The van der Waals surface area contributed by atoms with Crippen molar-refractivity contribution < 1.29 is 14.6 Å². The third-order valence-corrected chi connectivity index (χ3v) is 8.95. The first-order valence-corrected chi connectivity index (χ1v) is 13.2. The van der Waals surface area contributed by atoms with Gasteiger partial charge in [0.15, 0.2) is 0 Å². The maximum Gasteiger partial charge on any atom is 0.272 e. The third kappa shape index (κ3) is 4.19. The summed E-state index contributed by atoms with van der Waals surface area (Å²) < 4.78 is 6.00. The molecule has 4 atom stereocenters. The number of aliphatic hydroxyl groups is 1. The van der Waals surface area contributed by atoms with Gasteiger partial charge in [-0.05, 0) is 75.9 Å². The van der Waals surface area contributed by atoms with E-state index in [0.29, 0.717) is 36.4 Å². The van der Waals surface area contributed by atoms with Gasteiger partial charge in [0.05, 0.1) is 29.4 Å². The van der Waals surface area contributed by atoms with Crippen molar-refractivity contribution in [1.82, 2.24) is 20.0 Å². The predicted octanol–water partition coefficient (Wildman–Crippen LogP) is 3.38. The Morgan fingerprint density at radius 3 is 2.56 bits per heavy atom. The van der Waals surface area contributed by atoms with E-state index < -0.39 is 5.60 Å². The van der Waals surface area contributed by atoms with Crippen LogP contribution >= 0.6 is 11.8 Å². The van der Waals surface area contributed by atoms with Gasteiger partial charge in [-0.25, -0.2) is 15.0 Å². The number of rotatable bonds is 6. The fourth-order valence-corrected chi connectivity index (χ4v) is 7.85. The SMILES string of the molecule is CCCSc1ncncc1C(=O)N(C1C2CC3CC1CC(O)(C3)C2)N1C[C@@H](C)O[C@@H](C)C1. The van der Waals surface area contributed by atoms with E-state index in [9.17, 15) is 9.90 Å². The van der Waals surface area contributed by atoms with Crippen LogP contribution in [0, 0.1) is 17.8 Å². The normalized spacial score (nSPS) is 38.8. The van der Waals surface area contributed by atoms with E-state index >= 15 is 0 Å². The molecule has 0 radical (unpaired) electrons. The highest BCUT2D eigenvalue weighted by Gasteiger charge is 2.58. The molecule has 1 N–H and O–H groups in total. The molecule has 4 bridgehead atoms. The van der Waals surface area contributed by atoms with Crippen LogP contribution in [0.3, 0.4) is 0 Å². The molecule has 4 saturated carbocycles. The Morgan fingerprint density at radius 2 is 1.94 bits per heavy atom. The second kappa shape index (κ2) is 8.85. The molecule has 2 heterocycles. The highest BCUT2D eigenvalue weighted by atomic mass is 32.2. The molecule has 0 spiro atoms. The molecule has 1 aliphatic heterocycles. The molecule has 4 aliphatic carbocycles. The highest BCUT2D eigenvalue weighted by Crippen LogP contribution is 2.57. The van der Waals surface area contributed by atoms with Crippen LogP contribution in [0.15, 0.2) is 17.6 Å². The number of carbonyl (C=O) groups is 1. The molecule has 7 nitrogen and oxygen atoms in total. The van der Waals surface area contributed by atoms with Crippen molar-refractivity contribution in [2.45, 2.75) is 88.2 Å². The van der Waals surface area contributed by atoms with E-state index in [1.165, 1.54) is 6.33 Å². The second-order valence-corrected chi connectivity index (χ2v) is 11.6. The van der Waals surface area contributed by atoms with E-state index in [-0.39, 0.29) is 24.2 Å². The molecule has 2 unspecified atom stereocenters. The number of amides is 1. The average molecular weight is 461 g/mol. The minimum atomic E-state index is -0.523. The number of aromatic nitrogens is 2. The first kappa shape index (κ1) is 22.6. The smallest absolute Gasteiger partial charge is 0.272 e. The maximum atomic E-state index is 14.2. The van der Waals surface area contributed by atoms with Gasteiger partial charge in [-0.15, -0.1) is 11.8 Å². The molecular formula is C24H36N4O3S. The summed E-state index contributed by atoms with van der Waals surface area (Å²) in [5.74, 6) is 2.23. The Kier molecular flexibility index (Phi) is 6.24. The van der Waals surface area contributed by atoms with Crippen molar-refractivity contribution in [3.05, 3.63) is 18.1 Å². The van der Waals surface area contributed by atoms with E-state index in [1.807, 2.05) is 0 Å². The molecule has 32 heavy (non-hydrogen) atoms. The summed E-state index contributed by atoms with van der Waals surface area (Å²) in [6, 6.07) is 0.126. The average Bonchev–Trinajstić information content (AvgIpc) is 2.72. The molecule has 176 valence electrons. The number of thioether (sulfide) groups is 1. The Labute approximate surface area is 195 Å². The molecular weight excluding hydrogens is 424 g/mol. The lowest BCUT2D eigenvalue weighted by molar-refractivity contribution is -0.204. The Bertz CT molecular complexity index is 828. The number of hydrogen-bond donors (Lipinski definition) is 1. The summed E-state index contributed by atoms with van der Waals surface area (Å²) in [5.41, 5.74) is 0.0796. The molecule has 1 saturated heterocycles. The zero-order chi connectivity index (χ0) is 22.5. The third-order valence-electron chi connectivity index (χ3n) is 7.74. The molecule has 1 amide bonds. The lowest BCUT2D eigenvalue weighted by Gasteiger charge is -2.61. The van der Waals surface area contributed by atoms with Crippen LogP contribution in [0.4, 0.5) is 0 Å². The fraction of sp³-hybridized carbons (Fsp3) is 0.792. The molecule has 5 fully saturated rings. The lowest BCUT2D eigenvalue weighted by Crippen LogP contribution is -2.67. The standard InChI is InChI=1S/C24H36N4O3S/c1-4-5-32-22-20(11-25-14-26-22)23(29)28(27-12-15(2)31-16(3)13-27)21-18-6-17-7-19(21)10-24(30,8-17)9-18/h11,14-19,21,30H,4-10,12-13H2,1-3H3/t15-,16+,17?,18?,19?,21?,24?.